The molecule has 1 N–H and O–H groups in total. The number of nitrogens with one attached hydrogen (secondary N) is 1. The lowest BCUT2D eigenvalue weighted by Crippen LogP contribution is -2.41. The fourth-order valence-corrected chi connectivity index (χ4v) is 4.00. The van der Waals surface area contributed by atoms with Crippen LogP contribution in [0.15, 0.2) is 29.4 Å². The highest BCUT2D eigenvalue weighted by atomic mass is 32.2. The molecule has 30 heavy (non-hydrogen) atoms. The number of methoxy groups -OCH3 is 1. The Balaban J connectivity index is 1.50. The Hall–Kier alpha value is -2.59. The van der Waals surface area contributed by atoms with Crippen molar-refractivity contribution >= 4 is 23.6 Å². The second-order valence-electron chi connectivity index (χ2n) is 6.73. The van der Waals surface area contributed by atoms with Gasteiger partial charge in [-0.2, -0.15) is 0 Å². The van der Waals surface area contributed by atoms with Crippen LogP contribution in [-0.4, -0.2) is 70.6 Å². The van der Waals surface area contributed by atoms with Gasteiger partial charge in [-0.05, 0) is 24.6 Å². The number of carbonyl (C=O) groups excluding carboxylic acids is 2. The predicted octanol–water partition coefficient (Wildman–Crippen LogP) is 1.12. The summed E-state index contributed by atoms with van der Waals surface area (Å²) in [5.41, 5.74) is 0.906. The Labute approximate surface area is 180 Å². The van der Waals surface area contributed by atoms with Crippen molar-refractivity contribution in [3.05, 3.63) is 35.7 Å². The molecule has 1 aromatic carbocycles. The first kappa shape index (κ1) is 22.1. The van der Waals surface area contributed by atoms with E-state index in [0.717, 1.165) is 11.3 Å². The summed E-state index contributed by atoms with van der Waals surface area (Å²) >= 11 is 1.37. The number of carbonyl (C=O) groups is 2. The summed E-state index contributed by atoms with van der Waals surface area (Å²) in [5.74, 6) is 1.71. The van der Waals surface area contributed by atoms with Gasteiger partial charge in [0.05, 0.1) is 39.0 Å². The van der Waals surface area contributed by atoms with Crippen LogP contribution in [0.1, 0.15) is 18.3 Å². The Morgan fingerprint density at radius 3 is 2.60 bits per heavy atom. The van der Waals surface area contributed by atoms with E-state index in [-0.39, 0.29) is 24.8 Å². The third-order valence-corrected chi connectivity index (χ3v) is 5.72. The fourth-order valence-electron chi connectivity index (χ4n) is 3.07. The van der Waals surface area contributed by atoms with Crippen molar-refractivity contribution in [1.29, 1.82) is 0 Å². The summed E-state index contributed by atoms with van der Waals surface area (Å²) in [6.45, 7) is 5.36. The quantitative estimate of drug-likeness (QED) is 0.592. The molecule has 9 nitrogen and oxygen atoms in total. The normalized spacial score (nSPS) is 13.9. The van der Waals surface area contributed by atoms with Crippen LogP contribution in [0.2, 0.25) is 0 Å². The smallest absolute Gasteiger partial charge is 0.233 e. The average Bonchev–Trinajstić information content (AvgIpc) is 3.19. The highest BCUT2D eigenvalue weighted by Gasteiger charge is 2.19. The molecule has 162 valence electrons. The highest BCUT2D eigenvalue weighted by molar-refractivity contribution is 7.99. The molecule has 0 radical (unpaired) electrons. The third kappa shape index (κ3) is 5.96. The van der Waals surface area contributed by atoms with E-state index in [0.29, 0.717) is 49.6 Å². The van der Waals surface area contributed by atoms with Gasteiger partial charge in [0.2, 0.25) is 11.8 Å². The summed E-state index contributed by atoms with van der Waals surface area (Å²) in [4.78, 5) is 26.4. The van der Waals surface area contributed by atoms with Gasteiger partial charge in [-0.15, -0.1) is 10.2 Å². The topological polar surface area (TPSA) is 98.6 Å². The molecule has 0 bridgehead atoms. The number of amides is 2. The molecule has 0 saturated carbocycles. The minimum atomic E-state index is -0.0949. The van der Waals surface area contributed by atoms with E-state index in [1.54, 1.807) is 7.11 Å². The minimum Gasteiger partial charge on any atom is -0.497 e. The molecule has 10 heteroatoms. The van der Waals surface area contributed by atoms with Crippen LogP contribution in [0.25, 0.3) is 0 Å². The van der Waals surface area contributed by atoms with Gasteiger partial charge < -0.3 is 24.3 Å². The van der Waals surface area contributed by atoms with Crippen LogP contribution in [-0.2, 0) is 33.8 Å². The fraction of sp³-hybridized carbons (Fsp3) is 0.500. The first-order valence-corrected chi connectivity index (χ1v) is 10.9. The number of benzene rings is 1. The van der Waals surface area contributed by atoms with Crippen LogP contribution in [0.3, 0.4) is 0 Å². The van der Waals surface area contributed by atoms with Crippen molar-refractivity contribution in [3.63, 3.8) is 0 Å². The largest absolute Gasteiger partial charge is 0.497 e. The number of hydrogen-bond donors (Lipinski definition) is 1. The van der Waals surface area contributed by atoms with E-state index in [4.69, 9.17) is 9.47 Å². The zero-order valence-electron chi connectivity index (χ0n) is 17.3. The first-order chi connectivity index (χ1) is 14.6. The maximum atomic E-state index is 12.3. The zero-order valence-corrected chi connectivity index (χ0v) is 18.1. The lowest BCUT2D eigenvalue weighted by atomic mass is 10.1. The predicted molar refractivity (Wildman–Crippen MR) is 112 cm³/mol. The van der Waals surface area contributed by atoms with E-state index in [2.05, 4.69) is 15.5 Å². The molecule has 2 amide bonds. The molecule has 2 aromatic rings. The van der Waals surface area contributed by atoms with Gasteiger partial charge in [0.15, 0.2) is 11.0 Å². The van der Waals surface area contributed by atoms with Crippen LogP contribution in [0.5, 0.6) is 5.75 Å². The Morgan fingerprint density at radius 2 is 1.93 bits per heavy atom. The Bertz CT molecular complexity index is 849. The van der Waals surface area contributed by atoms with Crippen molar-refractivity contribution in [2.75, 3.05) is 39.2 Å². The SMILES string of the molecule is CCn1c(CNC(=O)Cc2ccc(OC)cc2)nnc1SCC(=O)N1CCOCC1. The lowest BCUT2D eigenvalue weighted by molar-refractivity contribution is -0.132. The molecule has 1 saturated heterocycles. The number of rotatable bonds is 9. The minimum absolute atomic E-state index is 0.0725. The van der Waals surface area contributed by atoms with Gasteiger partial charge in [0.25, 0.3) is 0 Å². The number of ether oxygens (including phenoxy) is 2. The second-order valence-corrected chi connectivity index (χ2v) is 7.67. The first-order valence-electron chi connectivity index (χ1n) is 9.90. The van der Waals surface area contributed by atoms with E-state index >= 15 is 0 Å². The number of nitrogens with zero attached hydrogens (tertiary/aromatic N) is 4. The van der Waals surface area contributed by atoms with Crippen LogP contribution in [0, 0.1) is 0 Å². The van der Waals surface area contributed by atoms with E-state index in [9.17, 15) is 9.59 Å². The number of thioether (sulfide) groups is 1. The van der Waals surface area contributed by atoms with Crippen molar-refractivity contribution in [2.45, 2.75) is 31.6 Å². The van der Waals surface area contributed by atoms with Gasteiger partial charge in [0.1, 0.15) is 5.75 Å². The molecule has 3 rings (SSSR count). The third-order valence-electron chi connectivity index (χ3n) is 4.77. The van der Waals surface area contributed by atoms with Crippen molar-refractivity contribution in [2.24, 2.45) is 0 Å². The van der Waals surface area contributed by atoms with Gasteiger partial charge in [0, 0.05) is 19.6 Å². The highest BCUT2D eigenvalue weighted by Crippen LogP contribution is 2.18. The summed E-state index contributed by atoms with van der Waals surface area (Å²) in [6, 6.07) is 7.40. The van der Waals surface area contributed by atoms with Crippen LogP contribution in [0.4, 0.5) is 0 Å². The molecular formula is C20H27N5O4S. The molecule has 1 aliphatic heterocycles. The van der Waals surface area contributed by atoms with E-state index < -0.39 is 0 Å². The monoisotopic (exact) mass is 433 g/mol. The van der Waals surface area contributed by atoms with Crippen molar-refractivity contribution < 1.29 is 19.1 Å². The Morgan fingerprint density at radius 1 is 1.20 bits per heavy atom. The van der Waals surface area contributed by atoms with Gasteiger partial charge in [-0.25, -0.2) is 0 Å². The summed E-state index contributed by atoms with van der Waals surface area (Å²) < 4.78 is 12.3. The second kappa shape index (κ2) is 11.0. The average molecular weight is 434 g/mol. The Kier molecular flexibility index (Phi) is 8.09. The molecule has 0 unspecified atom stereocenters. The molecule has 1 aliphatic rings. The summed E-state index contributed by atoms with van der Waals surface area (Å²) in [5, 5.41) is 12.0. The van der Waals surface area contributed by atoms with E-state index in [1.807, 2.05) is 40.7 Å². The maximum Gasteiger partial charge on any atom is 0.233 e. The van der Waals surface area contributed by atoms with E-state index in [1.165, 1.54) is 11.8 Å². The van der Waals surface area contributed by atoms with Crippen molar-refractivity contribution in [1.82, 2.24) is 25.0 Å². The van der Waals surface area contributed by atoms with Gasteiger partial charge in [-0.3, -0.25) is 9.59 Å². The summed E-state index contributed by atoms with van der Waals surface area (Å²) in [7, 11) is 1.61. The van der Waals surface area contributed by atoms with Crippen molar-refractivity contribution in [3.8, 4) is 5.75 Å². The number of aromatic nitrogens is 3. The molecule has 0 spiro atoms. The molecule has 0 aliphatic carbocycles. The van der Waals surface area contributed by atoms with Crippen LogP contribution < -0.4 is 10.1 Å². The van der Waals surface area contributed by atoms with Crippen LogP contribution >= 0.6 is 11.8 Å². The summed E-state index contributed by atoms with van der Waals surface area (Å²) in [6.07, 6.45) is 0.278. The maximum absolute atomic E-state index is 12.3. The molecular weight excluding hydrogens is 406 g/mol. The van der Waals surface area contributed by atoms with Gasteiger partial charge >= 0.3 is 0 Å². The molecule has 1 aromatic heterocycles. The lowest BCUT2D eigenvalue weighted by Gasteiger charge is -2.26. The standard InChI is InChI=1S/C20H27N5O4S/c1-3-25-17(13-21-18(26)12-15-4-6-16(28-2)7-5-15)22-23-20(25)30-14-19(27)24-8-10-29-11-9-24/h4-7H,3,8-14H2,1-2H3,(H,21,26). The molecule has 2 heterocycles. The molecule has 1 fully saturated rings. The molecule has 0 atom stereocenters. The van der Waals surface area contributed by atoms with Gasteiger partial charge in [-0.1, -0.05) is 23.9 Å². The number of morpholine rings is 1. The zero-order chi connectivity index (χ0) is 21.3. The number of hydrogen-bond acceptors (Lipinski definition) is 7.